The number of hydrogen-bond donors (Lipinski definition) is 3. The standard InChI is InChI=1S/C20H25N3O3/c1-12-6-7-16(10-13(12)2)21-14(3)20(25)23-18-11-17(22-15(4)24)8-9-19(18)26-5/h6-11,14,21H,1-5H3,(H,22,24)(H,23,25). The Balaban J connectivity index is 2.11. The van der Waals surface area contributed by atoms with Gasteiger partial charge in [0.05, 0.1) is 12.8 Å². The molecule has 26 heavy (non-hydrogen) atoms. The number of aryl methyl sites for hydroxylation is 2. The summed E-state index contributed by atoms with van der Waals surface area (Å²) in [7, 11) is 1.53. The van der Waals surface area contributed by atoms with Crippen LogP contribution in [-0.2, 0) is 9.59 Å². The molecule has 0 aliphatic carbocycles. The van der Waals surface area contributed by atoms with Gasteiger partial charge in [-0.1, -0.05) is 6.07 Å². The van der Waals surface area contributed by atoms with Gasteiger partial charge in [0.25, 0.3) is 0 Å². The van der Waals surface area contributed by atoms with Crippen molar-refractivity contribution in [2.75, 3.05) is 23.1 Å². The summed E-state index contributed by atoms with van der Waals surface area (Å²) in [5.41, 5.74) is 4.33. The Morgan fingerprint density at radius 2 is 1.65 bits per heavy atom. The maximum absolute atomic E-state index is 12.6. The van der Waals surface area contributed by atoms with Crippen molar-refractivity contribution in [2.24, 2.45) is 0 Å². The summed E-state index contributed by atoms with van der Waals surface area (Å²) in [5, 5.41) is 8.72. The fourth-order valence-electron chi connectivity index (χ4n) is 2.47. The first-order valence-electron chi connectivity index (χ1n) is 8.40. The van der Waals surface area contributed by atoms with Crippen molar-refractivity contribution in [3.8, 4) is 5.75 Å². The number of carbonyl (C=O) groups is 2. The van der Waals surface area contributed by atoms with Crippen LogP contribution in [0.25, 0.3) is 0 Å². The summed E-state index contributed by atoms with van der Waals surface area (Å²) in [6, 6.07) is 10.6. The predicted molar refractivity (Wildman–Crippen MR) is 105 cm³/mol. The van der Waals surface area contributed by atoms with E-state index in [1.54, 1.807) is 25.1 Å². The molecular weight excluding hydrogens is 330 g/mol. The number of carbonyl (C=O) groups excluding carboxylic acids is 2. The lowest BCUT2D eigenvalue weighted by Gasteiger charge is -2.18. The molecule has 1 unspecified atom stereocenters. The molecule has 0 bridgehead atoms. The maximum atomic E-state index is 12.6. The normalized spacial score (nSPS) is 11.4. The third kappa shape index (κ3) is 4.99. The van der Waals surface area contributed by atoms with Gasteiger partial charge in [-0.2, -0.15) is 0 Å². The molecule has 0 aliphatic rings. The Morgan fingerprint density at radius 3 is 2.27 bits per heavy atom. The van der Waals surface area contributed by atoms with E-state index in [1.165, 1.54) is 19.6 Å². The molecule has 2 rings (SSSR count). The zero-order chi connectivity index (χ0) is 19.3. The molecule has 2 amide bonds. The zero-order valence-corrected chi connectivity index (χ0v) is 15.8. The fraction of sp³-hybridized carbons (Fsp3) is 0.300. The van der Waals surface area contributed by atoms with Gasteiger partial charge in [-0.05, 0) is 62.2 Å². The van der Waals surface area contributed by atoms with Gasteiger partial charge >= 0.3 is 0 Å². The molecule has 6 nitrogen and oxygen atoms in total. The average molecular weight is 355 g/mol. The number of benzene rings is 2. The Labute approximate surface area is 153 Å². The average Bonchev–Trinajstić information content (AvgIpc) is 2.58. The van der Waals surface area contributed by atoms with E-state index in [-0.39, 0.29) is 11.8 Å². The van der Waals surface area contributed by atoms with E-state index in [4.69, 9.17) is 4.74 Å². The molecule has 1 atom stereocenters. The minimum atomic E-state index is -0.453. The summed E-state index contributed by atoms with van der Waals surface area (Å²) in [4.78, 5) is 23.8. The molecule has 0 spiro atoms. The summed E-state index contributed by atoms with van der Waals surface area (Å²) in [5.74, 6) is 0.129. The van der Waals surface area contributed by atoms with Gasteiger partial charge in [0.2, 0.25) is 11.8 Å². The van der Waals surface area contributed by atoms with Crippen LogP contribution in [0.5, 0.6) is 5.75 Å². The lowest BCUT2D eigenvalue weighted by molar-refractivity contribution is -0.116. The lowest BCUT2D eigenvalue weighted by atomic mass is 10.1. The highest BCUT2D eigenvalue weighted by molar-refractivity contribution is 5.98. The van der Waals surface area contributed by atoms with Crippen LogP contribution < -0.4 is 20.7 Å². The number of rotatable bonds is 6. The third-order valence-electron chi connectivity index (χ3n) is 4.06. The lowest BCUT2D eigenvalue weighted by Crippen LogP contribution is -2.32. The molecule has 0 radical (unpaired) electrons. The summed E-state index contributed by atoms with van der Waals surface area (Å²) < 4.78 is 5.29. The van der Waals surface area contributed by atoms with Gasteiger partial charge < -0.3 is 20.7 Å². The largest absolute Gasteiger partial charge is 0.495 e. The van der Waals surface area contributed by atoms with Gasteiger partial charge in [0, 0.05) is 18.3 Å². The van der Waals surface area contributed by atoms with Crippen LogP contribution in [0.15, 0.2) is 36.4 Å². The van der Waals surface area contributed by atoms with Gasteiger partial charge in [-0.25, -0.2) is 0 Å². The van der Waals surface area contributed by atoms with Crippen molar-refractivity contribution < 1.29 is 14.3 Å². The van der Waals surface area contributed by atoms with Crippen molar-refractivity contribution >= 4 is 28.9 Å². The van der Waals surface area contributed by atoms with Crippen LogP contribution in [0.4, 0.5) is 17.1 Å². The second-order valence-corrected chi connectivity index (χ2v) is 6.25. The molecule has 3 N–H and O–H groups in total. The Morgan fingerprint density at radius 1 is 0.962 bits per heavy atom. The molecule has 0 aliphatic heterocycles. The van der Waals surface area contributed by atoms with E-state index in [9.17, 15) is 9.59 Å². The molecule has 2 aromatic carbocycles. The topological polar surface area (TPSA) is 79.5 Å². The molecule has 0 saturated heterocycles. The zero-order valence-electron chi connectivity index (χ0n) is 15.8. The summed E-state index contributed by atoms with van der Waals surface area (Å²) in [6.07, 6.45) is 0. The molecular formula is C20H25N3O3. The van der Waals surface area contributed by atoms with Crippen molar-refractivity contribution in [3.05, 3.63) is 47.5 Å². The van der Waals surface area contributed by atoms with Crippen molar-refractivity contribution in [1.82, 2.24) is 0 Å². The molecule has 6 heteroatoms. The van der Waals surface area contributed by atoms with Gasteiger partial charge in [0.15, 0.2) is 0 Å². The van der Waals surface area contributed by atoms with Crippen LogP contribution in [0.2, 0.25) is 0 Å². The Hall–Kier alpha value is -3.02. The molecule has 138 valence electrons. The minimum Gasteiger partial charge on any atom is -0.495 e. The van der Waals surface area contributed by atoms with E-state index in [2.05, 4.69) is 16.0 Å². The highest BCUT2D eigenvalue weighted by Crippen LogP contribution is 2.28. The van der Waals surface area contributed by atoms with Crippen LogP contribution in [0, 0.1) is 13.8 Å². The van der Waals surface area contributed by atoms with Gasteiger partial charge in [-0.15, -0.1) is 0 Å². The van der Waals surface area contributed by atoms with Crippen molar-refractivity contribution in [3.63, 3.8) is 0 Å². The van der Waals surface area contributed by atoms with Crippen LogP contribution in [-0.4, -0.2) is 25.0 Å². The second kappa shape index (κ2) is 8.38. The van der Waals surface area contributed by atoms with Gasteiger partial charge in [0.1, 0.15) is 11.8 Å². The number of ether oxygens (including phenoxy) is 1. The minimum absolute atomic E-state index is 0.183. The Kier molecular flexibility index (Phi) is 6.22. The smallest absolute Gasteiger partial charge is 0.246 e. The number of amides is 2. The predicted octanol–water partition coefficient (Wildman–Crippen LogP) is 3.71. The summed E-state index contributed by atoms with van der Waals surface area (Å²) in [6.45, 7) is 7.29. The van der Waals surface area contributed by atoms with E-state index in [0.29, 0.717) is 17.1 Å². The first kappa shape index (κ1) is 19.3. The third-order valence-corrected chi connectivity index (χ3v) is 4.06. The summed E-state index contributed by atoms with van der Waals surface area (Å²) >= 11 is 0. The van der Waals surface area contributed by atoms with E-state index in [0.717, 1.165) is 11.3 Å². The van der Waals surface area contributed by atoms with Gasteiger partial charge in [-0.3, -0.25) is 9.59 Å². The molecule has 2 aromatic rings. The molecule has 0 saturated carbocycles. The van der Waals surface area contributed by atoms with E-state index >= 15 is 0 Å². The first-order valence-corrected chi connectivity index (χ1v) is 8.40. The Bertz CT molecular complexity index is 818. The van der Waals surface area contributed by atoms with Crippen molar-refractivity contribution in [1.29, 1.82) is 0 Å². The molecule has 0 aromatic heterocycles. The number of methoxy groups -OCH3 is 1. The highest BCUT2D eigenvalue weighted by atomic mass is 16.5. The highest BCUT2D eigenvalue weighted by Gasteiger charge is 2.16. The van der Waals surface area contributed by atoms with E-state index < -0.39 is 6.04 Å². The van der Waals surface area contributed by atoms with Crippen LogP contribution in [0.1, 0.15) is 25.0 Å². The van der Waals surface area contributed by atoms with Crippen molar-refractivity contribution in [2.45, 2.75) is 33.7 Å². The monoisotopic (exact) mass is 355 g/mol. The number of hydrogen-bond acceptors (Lipinski definition) is 4. The van der Waals surface area contributed by atoms with Crippen LogP contribution >= 0.6 is 0 Å². The maximum Gasteiger partial charge on any atom is 0.246 e. The molecule has 0 fully saturated rings. The number of anilines is 3. The fourth-order valence-corrected chi connectivity index (χ4v) is 2.47. The second-order valence-electron chi connectivity index (χ2n) is 6.25. The quantitative estimate of drug-likeness (QED) is 0.738. The SMILES string of the molecule is COc1ccc(NC(C)=O)cc1NC(=O)C(C)Nc1ccc(C)c(C)c1. The van der Waals surface area contributed by atoms with Crippen LogP contribution in [0.3, 0.4) is 0 Å². The van der Waals surface area contributed by atoms with E-state index in [1.807, 2.05) is 32.0 Å². The first-order chi connectivity index (χ1) is 12.3. The molecule has 0 heterocycles. The number of nitrogens with one attached hydrogen (secondary N) is 3.